The molecule has 0 unspecified atom stereocenters. The van der Waals surface area contributed by atoms with Crippen LogP contribution in [0.25, 0.3) is 0 Å². The molecule has 0 aromatic carbocycles. The Bertz CT molecular complexity index is 473. The molecule has 4 heteroatoms. The Hall–Kier alpha value is -1.61. The molecule has 0 amide bonds. The topological polar surface area (TPSA) is 29.0 Å². The van der Waals surface area contributed by atoms with Crippen LogP contribution in [0.2, 0.25) is 0 Å². The Labute approximate surface area is 106 Å². The standard InChI is InChI=1S/C13H14ClN3/c1-17(10-11-3-2-5-15-9-11)13-4-6-16-12(7-13)8-14/h2-7,9H,8,10H2,1H3. The monoisotopic (exact) mass is 247 g/mol. The number of alkyl halides is 1. The molecule has 2 aromatic heterocycles. The number of aromatic nitrogens is 2. The van der Waals surface area contributed by atoms with Gasteiger partial charge in [-0.1, -0.05) is 6.07 Å². The summed E-state index contributed by atoms with van der Waals surface area (Å²) in [5.41, 5.74) is 3.18. The van der Waals surface area contributed by atoms with Gasteiger partial charge in [0.05, 0.1) is 11.6 Å². The van der Waals surface area contributed by atoms with Crippen LogP contribution in [0, 0.1) is 0 Å². The van der Waals surface area contributed by atoms with E-state index in [9.17, 15) is 0 Å². The van der Waals surface area contributed by atoms with Crippen LogP contribution < -0.4 is 4.90 Å². The molecular formula is C13H14ClN3. The fraction of sp³-hybridized carbons (Fsp3) is 0.231. The van der Waals surface area contributed by atoms with Crippen LogP contribution >= 0.6 is 11.6 Å². The third-order valence-electron chi connectivity index (χ3n) is 2.52. The van der Waals surface area contributed by atoms with Crippen molar-refractivity contribution in [1.82, 2.24) is 9.97 Å². The van der Waals surface area contributed by atoms with Crippen molar-refractivity contribution in [3.63, 3.8) is 0 Å². The summed E-state index contributed by atoms with van der Waals surface area (Å²) < 4.78 is 0. The maximum atomic E-state index is 5.77. The summed E-state index contributed by atoms with van der Waals surface area (Å²) in [6.45, 7) is 0.819. The van der Waals surface area contributed by atoms with Gasteiger partial charge in [0.1, 0.15) is 0 Å². The van der Waals surface area contributed by atoms with Crippen LogP contribution in [0.3, 0.4) is 0 Å². The lowest BCUT2D eigenvalue weighted by atomic mass is 10.2. The van der Waals surface area contributed by atoms with Crippen molar-refractivity contribution in [1.29, 1.82) is 0 Å². The van der Waals surface area contributed by atoms with Gasteiger partial charge < -0.3 is 4.90 Å². The van der Waals surface area contributed by atoms with E-state index in [4.69, 9.17) is 11.6 Å². The number of nitrogens with zero attached hydrogens (tertiary/aromatic N) is 3. The predicted molar refractivity (Wildman–Crippen MR) is 70.1 cm³/mol. The first-order valence-electron chi connectivity index (χ1n) is 5.40. The van der Waals surface area contributed by atoms with Crippen molar-refractivity contribution in [2.45, 2.75) is 12.4 Å². The van der Waals surface area contributed by atoms with Gasteiger partial charge in [0.15, 0.2) is 0 Å². The minimum atomic E-state index is 0.439. The second-order valence-electron chi connectivity index (χ2n) is 3.86. The Morgan fingerprint density at radius 3 is 2.88 bits per heavy atom. The number of rotatable bonds is 4. The third-order valence-corrected chi connectivity index (χ3v) is 2.79. The maximum Gasteiger partial charge on any atom is 0.0648 e. The molecule has 0 aliphatic heterocycles. The highest BCUT2D eigenvalue weighted by atomic mass is 35.5. The van der Waals surface area contributed by atoms with Crippen molar-refractivity contribution in [3.05, 3.63) is 54.1 Å². The maximum absolute atomic E-state index is 5.77. The molecule has 3 nitrogen and oxygen atoms in total. The second-order valence-corrected chi connectivity index (χ2v) is 4.12. The van der Waals surface area contributed by atoms with Gasteiger partial charge in [0.2, 0.25) is 0 Å². The minimum absolute atomic E-state index is 0.439. The molecule has 2 aromatic rings. The predicted octanol–water partition coefficient (Wildman–Crippen LogP) is 2.85. The van der Waals surface area contributed by atoms with E-state index in [1.54, 1.807) is 12.4 Å². The summed E-state index contributed by atoms with van der Waals surface area (Å²) in [4.78, 5) is 10.4. The van der Waals surface area contributed by atoms with Crippen molar-refractivity contribution >= 4 is 17.3 Å². The van der Waals surface area contributed by atoms with E-state index in [1.807, 2.05) is 31.4 Å². The van der Waals surface area contributed by atoms with Gasteiger partial charge in [-0.3, -0.25) is 9.97 Å². The second kappa shape index (κ2) is 5.64. The summed E-state index contributed by atoms with van der Waals surface area (Å²) in [6, 6.07) is 7.99. The molecule has 0 spiro atoms. The Balaban J connectivity index is 2.11. The number of anilines is 1. The average molecular weight is 248 g/mol. The van der Waals surface area contributed by atoms with Gasteiger partial charge >= 0.3 is 0 Å². The lowest BCUT2D eigenvalue weighted by molar-refractivity contribution is 0.910. The molecule has 2 rings (SSSR count). The summed E-state index contributed by atoms with van der Waals surface area (Å²) in [7, 11) is 2.04. The molecule has 0 atom stereocenters. The largest absolute Gasteiger partial charge is 0.370 e. The molecule has 0 fully saturated rings. The van der Waals surface area contributed by atoms with E-state index in [-0.39, 0.29) is 0 Å². The molecule has 0 aliphatic rings. The van der Waals surface area contributed by atoms with Crippen LogP contribution in [0.15, 0.2) is 42.9 Å². The number of hydrogen-bond acceptors (Lipinski definition) is 3. The average Bonchev–Trinajstić information content (AvgIpc) is 2.40. The summed E-state index contributed by atoms with van der Waals surface area (Å²) in [5, 5.41) is 0. The van der Waals surface area contributed by atoms with Crippen molar-refractivity contribution in [2.75, 3.05) is 11.9 Å². The minimum Gasteiger partial charge on any atom is -0.370 e. The van der Waals surface area contributed by atoms with Gasteiger partial charge in [0.25, 0.3) is 0 Å². The lowest BCUT2D eigenvalue weighted by Crippen LogP contribution is -2.16. The molecule has 0 aliphatic carbocycles. The van der Waals surface area contributed by atoms with Crippen LogP contribution in [0.5, 0.6) is 0 Å². The first kappa shape index (κ1) is 11.9. The van der Waals surface area contributed by atoms with Crippen molar-refractivity contribution < 1.29 is 0 Å². The van der Waals surface area contributed by atoms with Crippen LogP contribution in [0.1, 0.15) is 11.3 Å². The molecule has 0 radical (unpaired) electrons. The molecular weight excluding hydrogens is 234 g/mol. The van der Waals surface area contributed by atoms with E-state index in [0.717, 1.165) is 17.9 Å². The Morgan fingerprint density at radius 2 is 2.18 bits per heavy atom. The van der Waals surface area contributed by atoms with Crippen LogP contribution in [-0.2, 0) is 12.4 Å². The molecule has 88 valence electrons. The van der Waals surface area contributed by atoms with E-state index >= 15 is 0 Å². The zero-order valence-corrected chi connectivity index (χ0v) is 10.4. The van der Waals surface area contributed by atoms with E-state index in [0.29, 0.717) is 5.88 Å². The third kappa shape index (κ3) is 3.17. The zero-order valence-electron chi connectivity index (χ0n) is 9.68. The van der Waals surface area contributed by atoms with E-state index in [1.165, 1.54) is 5.56 Å². The van der Waals surface area contributed by atoms with Gasteiger partial charge in [-0.25, -0.2) is 0 Å². The zero-order chi connectivity index (χ0) is 12.1. The highest BCUT2D eigenvalue weighted by molar-refractivity contribution is 6.16. The van der Waals surface area contributed by atoms with Gasteiger partial charge in [-0.15, -0.1) is 11.6 Å². The highest BCUT2D eigenvalue weighted by Gasteiger charge is 2.03. The molecule has 2 heterocycles. The Morgan fingerprint density at radius 1 is 1.29 bits per heavy atom. The molecule has 17 heavy (non-hydrogen) atoms. The lowest BCUT2D eigenvalue weighted by Gasteiger charge is -2.19. The summed E-state index contributed by atoms with van der Waals surface area (Å²) in [6.07, 6.45) is 5.44. The van der Waals surface area contributed by atoms with Crippen LogP contribution in [-0.4, -0.2) is 17.0 Å². The molecule has 0 saturated carbocycles. The first-order chi connectivity index (χ1) is 8.29. The van der Waals surface area contributed by atoms with Gasteiger partial charge in [0, 0.05) is 37.9 Å². The molecule has 0 saturated heterocycles. The summed E-state index contributed by atoms with van der Waals surface area (Å²) in [5.74, 6) is 0.439. The normalized spacial score (nSPS) is 10.2. The van der Waals surface area contributed by atoms with Crippen LogP contribution in [0.4, 0.5) is 5.69 Å². The first-order valence-corrected chi connectivity index (χ1v) is 5.94. The smallest absolute Gasteiger partial charge is 0.0648 e. The molecule has 0 bridgehead atoms. The fourth-order valence-corrected chi connectivity index (χ4v) is 1.78. The van der Waals surface area contributed by atoms with Gasteiger partial charge in [-0.05, 0) is 23.8 Å². The van der Waals surface area contributed by atoms with E-state index < -0.39 is 0 Å². The highest BCUT2D eigenvalue weighted by Crippen LogP contribution is 2.16. The number of hydrogen-bond donors (Lipinski definition) is 0. The Kier molecular flexibility index (Phi) is 3.94. The molecule has 0 N–H and O–H groups in total. The van der Waals surface area contributed by atoms with E-state index in [2.05, 4.69) is 20.9 Å². The van der Waals surface area contributed by atoms with Gasteiger partial charge in [-0.2, -0.15) is 0 Å². The SMILES string of the molecule is CN(Cc1cccnc1)c1ccnc(CCl)c1. The number of halogens is 1. The van der Waals surface area contributed by atoms with Crippen molar-refractivity contribution in [2.24, 2.45) is 0 Å². The van der Waals surface area contributed by atoms with Crippen molar-refractivity contribution in [3.8, 4) is 0 Å². The fourth-order valence-electron chi connectivity index (χ4n) is 1.63. The quantitative estimate of drug-likeness (QED) is 0.778. The number of pyridine rings is 2. The summed E-state index contributed by atoms with van der Waals surface area (Å²) >= 11 is 5.77.